The summed E-state index contributed by atoms with van der Waals surface area (Å²) in [5.41, 5.74) is -0.827. The average molecular weight is 653 g/mol. The predicted octanol–water partition coefficient (Wildman–Crippen LogP) is 7.53. The predicted molar refractivity (Wildman–Crippen MR) is 156 cm³/mol. The van der Waals surface area contributed by atoms with Crippen LogP contribution in [0.5, 0.6) is 5.75 Å². The molecule has 0 aromatic heterocycles. The van der Waals surface area contributed by atoms with Crippen molar-refractivity contribution in [2.45, 2.75) is 24.3 Å². The number of carbonyl (C=O) groups excluding carboxylic acids is 1. The van der Waals surface area contributed by atoms with Gasteiger partial charge in [-0.1, -0.05) is 29.8 Å². The van der Waals surface area contributed by atoms with Gasteiger partial charge in [0, 0.05) is 36.3 Å². The normalized spacial score (nSPS) is 12.1. The molecular weight excluding hydrogens is 627 g/mol. The van der Waals surface area contributed by atoms with Crippen LogP contribution in [-0.2, 0) is 10.0 Å². The number of nitrogens with zero attached hydrogens (tertiary/aromatic N) is 2. The molecule has 0 radical (unpaired) electrons. The third kappa shape index (κ3) is 7.13. The molecule has 0 saturated heterocycles. The minimum absolute atomic E-state index is 0.000124. The largest absolute Gasteiger partial charge is 0.493 e. The van der Waals surface area contributed by atoms with Gasteiger partial charge in [-0.15, -0.1) is 0 Å². The average Bonchev–Trinajstić information content (AvgIpc) is 2.98. The van der Waals surface area contributed by atoms with E-state index in [-0.39, 0.29) is 35.2 Å². The van der Waals surface area contributed by atoms with Crippen LogP contribution in [0.2, 0.25) is 5.02 Å². The fourth-order valence-electron chi connectivity index (χ4n) is 4.48. The Bertz CT molecular complexity index is 1770. The summed E-state index contributed by atoms with van der Waals surface area (Å²) in [5.74, 6) is -6.43. The number of benzene rings is 4. The topological polar surface area (TPSA) is 66.9 Å². The fourth-order valence-corrected chi connectivity index (χ4v) is 6.24. The summed E-state index contributed by atoms with van der Waals surface area (Å²) >= 11 is 5.93. The molecule has 1 unspecified atom stereocenters. The quantitative estimate of drug-likeness (QED) is 0.0955. The highest BCUT2D eigenvalue weighted by atomic mass is 35.5. The third-order valence-electron chi connectivity index (χ3n) is 6.72. The number of ether oxygens (including phenoxy) is 1. The zero-order valence-electron chi connectivity index (χ0n) is 23.4. The number of carbonyl (C=O) groups is 1. The molecule has 4 aromatic carbocycles. The summed E-state index contributed by atoms with van der Waals surface area (Å²) in [5, 5.41) is 0.279. The molecule has 0 heterocycles. The standard InChI is InChI=1S/C31H26ClF5N2O4S/c1-19(39(29-16-21(33)10-13-25(29)34)44(41,42)22-11-8-20(32)9-12-22)23-6-3-4-7-30(23)43-15-5-14-38(2)31(40)24-17-27(36)28(37)18-26(24)35/h3-4,6-13,16-19H,5,14-15H2,1-2H3. The van der Waals surface area contributed by atoms with Gasteiger partial charge in [0.2, 0.25) is 0 Å². The van der Waals surface area contributed by atoms with E-state index in [1.165, 1.54) is 38.2 Å². The van der Waals surface area contributed by atoms with E-state index in [1.807, 2.05) is 0 Å². The van der Waals surface area contributed by atoms with Crippen LogP contribution in [0.25, 0.3) is 0 Å². The molecule has 0 aliphatic rings. The molecule has 4 rings (SSSR count). The van der Waals surface area contributed by atoms with Crippen molar-refractivity contribution in [2.24, 2.45) is 0 Å². The molecule has 6 nitrogen and oxygen atoms in total. The monoisotopic (exact) mass is 652 g/mol. The first kappa shape index (κ1) is 32.7. The molecule has 0 spiro atoms. The van der Waals surface area contributed by atoms with Gasteiger partial charge < -0.3 is 9.64 Å². The molecule has 0 bridgehead atoms. The first-order valence-corrected chi connectivity index (χ1v) is 15.0. The van der Waals surface area contributed by atoms with E-state index in [4.69, 9.17) is 16.3 Å². The van der Waals surface area contributed by atoms with Crippen molar-refractivity contribution in [1.82, 2.24) is 4.90 Å². The first-order chi connectivity index (χ1) is 20.8. The van der Waals surface area contributed by atoms with Gasteiger partial charge in [0.15, 0.2) is 11.6 Å². The van der Waals surface area contributed by atoms with Gasteiger partial charge in [0.05, 0.1) is 28.8 Å². The molecule has 0 fully saturated rings. The minimum Gasteiger partial charge on any atom is -0.493 e. The zero-order chi connectivity index (χ0) is 32.2. The first-order valence-electron chi connectivity index (χ1n) is 13.2. The van der Waals surface area contributed by atoms with E-state index >= 15 is 4.39 Å². The van der Waals surface area contributed by atoms with Crippen LogP contribution >= 0.6 is 11.6 Å². The van der Waals surface area contributed by atoms with Crippen LogP contribution < -0.4 is 9.04 Å². The van der Waals surface area contributed by atoms with Crippen LogP contribution in [0, 0.1) is 29.1 Å². The summed E-state index contributed by atoms with van der Waals surface area (Å²) in [4.78, 5) is 13.5. The Labute approximate surface area is 256 Å². The Morgan fingerprint density at radius 3 is 2.23 bits per heavy atom. The van der Waals surface area contributed by atoms with Gasteiger partial charge in [0.25, 0.3) is 15.9 Å². The highest BCUT2D eigenvalue weighted by Gasteiger charge is 2.34. The Kier molecular flexibility index (Phi) is 10.2. The molecule has 0 aliphatic carbocycles. The Hall–Kier alpha value is -4.16. The van der Waals surface area contributed by atoms with E-state index in [0.717, 1.165) is 27.4 Å². The lowest BCUT2D eigenvalue weighted by Gasteiger charge is -2.32. The lowest BCUT2D eigenvalue weighted by molar-refractivity contribution is 0.0782. The van der Waals surface area contributed by atoms with Gasteiger partial charge in [-0.2, -0.15) is 0 Å². The van der Waals surface area contributed by atoms with E-state index in [0.29, 0.717) is 17.7 Å². The van der Waals surface area contributed by atoms with Gasteiger partial charge in [-0.3, -0.25) is 9.10 Å². The summed E-state index contributed by atoms with van der Waals surface area (Å²) in [6.45, 7) is 1.53. The molecular formula is C31H26ClF5N2O4S. The van der Waals surface area contributed by atoms with E-state index in [9.17, 15) is 30.8 Å². The van der Waals surface area contributed by atoms with E-state index < -0.39 is 62.3 Å². The van der Waals surface area contributed by atoms with Gasteiger partial charge in [-0.05, 0) is 61.9 Å². The number of rotatable bonds is 11. The van der Waals surface area contributed by atoms with Crippen molar-refractivity contribution in [3.63, 3.8) is 0 Å². The smallest absolute Gasteiger partial charge is 0.264 e. The van der Waals surface area contributed by atoms with Gasteiger partial charge in [-0.25, -0.2) is 30.4 Å². The molecule has 0 N–H and O–H groups in total. The number of anilines is 1. The summed E-state index contributed by atoms with van der Waals surface area (Å²) < 4.78 is 105. The molecule has 1 amide bonds. The molecule has 232 valence electrons. The minimum atomic E-state index is -4.47. The second kappa shape index (κ2) is 13.6. The van der Waals surface area contributed by atoms with Crippen LogP contribution in [0.4, 0.5) is 27.6 Å². The summed E-state index contributed by atoms with van der Waals surface area (Å²) in [7, 11) is -3.12. The number of hydrogen-bond donors (Lipinski definition) is 0. The second-order valence-electron chi connectivity index (χ2n) is 9.74. The highest BCUT2D eigenvalue weighted by Crippen LogP contribution is 2.38. The highest BCUT2D eigenvalue weighted by molar-refractivity contribution is 7.92. The lowest BCUT2D eigenvalue weighted by atomic mass is 10.1. The second-order valence-corrected chi connectivity index (χ2v) is 12.0. The number of hydrogen-bond acceptors (Lipinski definition) is 4. The molecule has 4 aromatic rings. The van der Waals surface area contributed by atoms with Crippen molar-refractivity contribution in [2.75, 3.05) is 24.5 Å². The zero-order valence-corrected chi connectivity index (χ0v) is 25.0. The van der Waals surface area contributed by atoms with Crippen molar-refractivity contribution in [1.29, 1.82) is 0 Å². The van der Waals surface area contributed by atoms with Crippen LogP contribution in [0.15, 0.2) is 83.8 Å². The van der Waals surface area contributed by atoms with Crippen LogP contribution in [-0.4, -0.2) is 39.4 Å². The maximum atomic E-state index is 15.1. The van der Waals surface area contributed by atoms with Crippen LogP contribution in [0.3, 0.4) is 0 Å². The van der Waals surface area contributed by atoms with Crippen molar-refractivity contribution in [3.05, 3.63) is 124 Å². The molecule has 1 atom stereocenters. The number of amides is 1. The summed E-state index contributed by atoms with van der Waals surface area (Å²) in [6.07, 6.45) is 0.210. The Morgan fingerprint density at radius 2 is 1.52 bits per heavy atom. The molecule has 13 heteroatoms. The Balaban J connectivity index is 1.56. The fraction of sp³-hybridized carbons (Fsp3) is 0.194. The maximum absolute atomic E-state index is 15.1. The number of para-hydroxylation sites is 1. The van der Waals surface area contributed by atoms with E-state index in [1.54, 1.807) is 24.3 Å². The molecule has 44 heavy (non-hydrogen) atoms. The number of sulfonamides is 1. The van der Waals surface area contributed by atoms with Crippen molar-refractivity contribution >= 4 is 33.2 Å². The lowest BCUT2D eigenvalue weighted by Crippen LogP contribution is -2.34. The maximum Gasteiger partial charge on any atom is 0.264 e. The van der Waals surface area contributed by atoms with E-state index in [2.05, 4.69) is 0 Å². The van der Waals surface area contributed by atoms with Gasteiger partial charge >= 0.3 is 0 Å². The number of halogens is 6. The molecule has 0 aliphatic heterocycles. The van der Waals surface area contributed by atoms with Crippen molar-refractivity contribution in [3.8, 4) is 5.75 Å². The third-order valence-corrected chi connectivity index (χ3v) is 8.87. The summed E-state index contributed by atoms with van der Waals surface area (Å²) in [6, 6.07) is 13.8. The van der Waals surface area contributed by atoms with Gasteiger partial charge in [0.1, 0.15) is 23.2 Å². The SMILES string of the molecule is CC(c1ccccc1OCCCN(C)C(=O)c1cc(F)c(F)cc1F)N(c1cc(F)ccc1F)S(=O)(=O)c1ccc(Cl)cc1. The van der Waals surface area contributed by atoms with Crippen LogP contribution in [0.1, 0.15) is 35.3 Å². The Morgan fingerprint density at radius 1 is 0.864 bits per heavy atom. The van der Waals surface area contributed by atoms with Crippen molar-refractivity contribution < 1.29 is 39.9 Å². The molecule has 0 saturated carbocycles.